The fourth-order valence-electron chi connectivity index (χ4n) is 1.99. The molecule has 1 aromatic heterocycles. The van der Waals surface area contributed by atoms with Gasteiger partial charge >= 0.3 is 0 Å². The van der Waals surface area contributed by atoms with Gasteiger partial charge in [-0.1, -0.05) is 12.1 Å². The maximum Gasteiger partial charge on any atom is 0.252 e. The molecule has 0 saturated carbocycles. The lowest BCUT2D eigenvalue weighted by atomic mass is 10.2. The third kappa shape index (κ3) is 2.64. The van der Waals surface area contributed by atoms with Gasteiger partial charge in [-0.15, -0.1) is 0 Å². The van der Waals surface area contributed by atoms with Crippen LogP contribution in [0.25, 0.3) is 11.1 Å². The molecule has 0 radical (unpaired) electrons. The standard InChI is InChI=1S/C15H13N3O3/c16-9-5-6-11-13(7-9)21-14(18-11)8-20-12-4-2-1-3-10(12)15(17)19/h1-7H,8,16H2,(H2,17,19). The van der Waals surface area contributed by atoms with E-state index in [2.05, 4.69) is 4.98 Å². The predicted octanol–water partition coefficient (Wildman–Crippen LogP) is 2.09. The van der Waals surface area contributed by atoms with Crippen LogP contribution in [0.3, 0.4) is 0 Å². The Morgan fingerprint density at radius 2 is 2.05 bits per heavy atom. The predicted molar refractivity (Wildman–Crippen MR) is 77.7 cm³/mol. The molecule has 2 aromatic carbocycles. The van der Waals surface area contributed by atoms with Crippen molar-refractivity contribution < 1.29 is 13.9 Å². The molecule has 1 heterocycles. The second-order valence-electron chi connectivity index (χ2n) is 4.48. The van der Waals surface area contributed by atoms with Crippen molar-refractivity contribution in [2.24, 2.45) is 5.73 Å². The SMILES string of the molecule is NC(=O)c1ccccc1OCc1nc2ccc(N)cc2o1. The minimum absolute atomic E-state index is 0.0961. The van der Waals surface area contributed by atoms with Crippen molar-refractivity contribution >= 4 is 22.7 Å². The Labute approximate surface area is 120 Å². The zero-order chi connectivity index (χ0) is 14.8. The fraction of sp³-hybridized carbons (Fsp3) is 0.0667. The summed E-state index contributed by atoms with van der Waals surface area (Å²) in [6.07, 6.45) is 0. The quantitative estimate of drug-likeness (QED) is 0.713. The highest BCUT2D eigenvalue weighted by atomic mass is 16.5. The number of nitrogens with two attached hydrogens (primary N) is 2. The van der Waals surface area contributed by atoms with Gasteiger partial charge in [0.25, 0.3) is 5.91 Å². The van der Waals surface area contributed by atoms with E-state index in [4.69, 9.17) is 20.6 Å². The highest BCUT2D eigenvalue weighted by Gasteiger charge is 2.11. The average Bonchev–Trinajstić information content (AvgIpc) is 2.87. The molecule has 0 spiro atoms. The number of carbonyl (C=O) groups is 1. The van der Waals surface area contributed by atoms with Gasteiger partial charge in [-0.25, -0.2) is 4.98 Å². The number of nitrogens with zero attached hydrogens (tertiary/aromatic N) is 1. The van der Waals surface area contributed by atoms with E-state index in [9.17, 15) is 4.79 Å². The minimum atomic E-state index is -0.545. The lowest BCUT2D eigenvalue weighted by Crippen LogP contribution is -2.12. The number of aromatic nitrogens is 1. The molecular weight excluding hydrogens is 270 g/mol. The highest BCUT2D eigenvalue weighted by Crippen LogP contribution is 2.21. The molecule has 0 atom stereocenters. The zero-order valence-corrected chi connectivity index (χ0v) is 11.1. The van der Waals surface area contributed by atoms with E-state index in [0.717, 1.165) is 0 Å². The molecule has 6 nitrogen and oxygen atoms in total. The number of para-hydroxylation sites is 1. The van der Waals surface area contributed by atoms with Crippen molar-refractivity contribution in [2.45, 2.75) is 6.61 Å². The van der Waals surface area contributed by atoms with Crippen molar-refractivity contribution in [3.63, 3.8) is 0 Å². The monoisotopic (exact) mass is 283 g/mol. The average molecular weight is 283 g/mol. The lowest BCUT2D eigenvalue weighted by Gasteiger charge is -2.06. The number of benzene rings is 2. The Morgan fingerprint density at radius 3 is 2.86 bits per heavy atom. The number of hydrogen-bond acceptors (Lipinski definition) is 5. The van der Waals surface area contributed by atoms with E-state index in [1.54, 1.807) is 42.5 Å². The summed E-state index contributed by atoms with van der Waals surface area (Å²) in [6.45, 7) is 0.0961. The third-order valence-corrected chi connectivity index (χ3v) is 2.96. The molecular formula is C15H13N3O3. The molecule has 106 valence electrons. The van der Waals surface area contributed by atoms with E-state index >= 15 is 0 Å². The van der Waals surface area contributed by atoms with Gasteiger partial charge in [-0.05, 0) is 24.3 Å². The van der Waals surface area contributed by atoms with Crippen LogP contribution < -0.4 is 16.2 Å². The van der Waals surface area contributed by atoms with Crippen LogP contribution in [0.1, 0.15) is 16.2 Å². The summed E-state index contributed by atoms with van der Waals surface area (Å²) < 4.78 is 11.1. The number of oxazole rings is 1. The summed E-state index contributed by atoms with van der Waals surface area (Å²) in [5.74, 6) is 0.248. The van der Waals surface area contributed by atoms with Crippen LogP contribution in [-0.2, 0) is 6.61 Å². The van der Waals surface area contributed by atoms with Gasteiger partial charge in [0, 0.05) is 11.8 Å². The fourth-order valence-corrected chi connectivity index (χ4v) is 1.99. The van der Waals surface area contributed by atoms with E-state index in [1.165, 1.54) is 0 Å². The first-order chi connectivity index (χ1) is 10.1. The van der Waals surface area contributed by atoms with Crippen molar-refractivity contribution in [1.82, 2.24) is 4.98 Å². The number of carbonyl (C=O) groups excluding carboxylic acids is 1. The molecule has 0 aliphatic carbocycles. The molecule has 3 rings (SSSR count). The molecule has 0 aliphatic heterocycles. The Balaban J connectivity index is 1.82. The number of amides is 1. The van der Waals surface area contributed by atoms with Gasteiger partial charge < -0.3 is 20.6 Å². The van der Waals surface area contributed by atoms with E-state index in [1.807, 2.05) is 0 Å². The number of nitrogen functional groups attached to an aromatic ring is 1. The largest absolute Gasteiger partial charge is 0.483 e. The number of rotatable bonds is 4. The van der Waals surface area contributed by atoms with Crippen LogP contribution in [0.5, 0.6) is 5.75 Å². The first-order valence-corrected chi connectivity index (χ1v) is 6.30. The zero-order valence-electron chi connectivity index (χ0n) is 11.1. The second kappa shape index (κ2) is 5.16. The molecule has 0 bridgehead atoms. The van der Waals surface area contributed by atoms with Crippen LogP contribution in [-0.4, -0.2) is 10.9 Å². The first-order valence-electron chi connectivity index (χ1n) is 6.30. The van der Waals surface area contributed by atoms with E-state index in [-0.39, 0.29) is 6.61 Å². The van der Waals surface area contributed by atoms with Crippen molar-refractivity contribution in [1.29, 1.82) is 0 Å². The topological polar surface area (TPSA) is 104 Å². The number of ether oxygens (including phenoxy) is 1. The molecule has 6 heteroatoms. The smallest absolute Gasteiger partial charge is 0.252 e. The summed E-state index contributed by atoms with van der Waals surface area (Å²) in [4.78, 5) is 15.6. The lowest BCUT2D eigenvalue weighted by molar-refractivity contribution is 0.0995. The highest BCUT2D eigenvalue weighted by molar-refractivity contribution is 5.95. The number of primary amides is 1. The first kappa shape index (κ1) is 13.0. The molecule has 4 N–H and O–H groups in total. The van der Waals surface area contributed by atoms with Gasteiger partial charge in [-0.3, -0.25) is 4.79 Å². The Hall–Kier alpha value is -3.02. The van der Waals surface area contributed by atoms with Crippen LogP contribution in [0.2, 0.25) is 0 Å². The molecule has 3 aromatic rings. The Morgan fingerprint density at radius 1 is 1.24 bits per heavy atom. The number of anilines is 1. The second-order valence-corrected chi connectivity index (χ2v) is 4.48. The van der Waals surface area contributed by atoms with Gasteiger partial charge in [0.2, 0.25) is 5.89 Å². The number of fused-ring (bicyclic) bond motifs is 1. The summed E-state index contributed by atoms with van der Waals surface area (Å²) in [6, 6.07) is 12.0. The van der Waals surface area contributed by atoms with E-state index < -0.39 is 5.91 Å². The summed E-state index contributed by atoms with van der Waals surface area (Å²) in [5, 5.41) is 0. The number of hydrogen-bond donors (Lipinski definition) is 2. The maximum atomic E-state index is 11.3. The van der Waals surface area contributed by atoms with Gasteiger partial charge in [0.15, 0.2) is 12.2 Å². The van der Waals surface area contributed by atoms with Crippen LogP contribution in [0.15, 0.2) is 46.9 Å². The summed E-state index contributed by atoms with van der Waals surface area (Å²) in [5.41, 5.74) is 13.2. The molecule has 0 unspecified atom stereocenters. The van der Waals surface area contributed by atoms with Crippen molar-refractivity contribution in [2.75, 3.05) is 5.73 Å². The Kier molecular flexibility index (Phi) is 3.19. The van der Waals surface area contributed by atoms with Gasteiger partial charge in [0.1, 0.15) is 11.3 Å². The summed E-state index contributed by atoms with van der Waals surface area (Å²) in [7, 11) is 0. The minimum Gasteiger partial charge on any atom is -0.483 e. The third-order valence-electron chi connectivity index (χ3n) is 2.96. The normalized spacial score (nSPS) is 10.7. The van der Waals surface area contributed by atoms with Crippen molar-refractivity contribution in [3.05, 3.63) is 53.9 Å². The van der Waals surface area contributed by atoms with Crippen molar-refractivity contribution in [3.8, 4) is 5.75 Å². The van der Waals surface area contributed by atoms with Gasteiger partial charge in [-0.2, -0.15) is 0 Å². The molecule has 0 aliphatic rings. The molecule has 21 heavy (non-hydrogen) atoms. The van der Waals surface area contributed by atoms with Gasteiger partial charge in [0.05, 0.1) is 5.56 Å². The van der Waals surface area contributed by atoms with E-state index in [0.29, 0.717) is 34.0 Å². The molecule has 1 amide bonds. The van der Waals surface area contributed by atoms with Crippen LogP contribution >= 0.6 is 0 Å². The Bertz CT molecular complexity index is 811. The van der Waals surface area contributed by atoms with Crippen LogP contribution in [0.4, 0.5) is 5.69 Å². The molecule has 0 saturated heterocycles. The molecule has 0 fully saturated rings. The summed E-state index contributed by atoms with van der Waals surface area (Å²) >= 11 is 0. The van der Waals surface area contributed by atoms with Crippen LogP contribution in [0, 0.1) is 0 Å². The maximum absolute atomic E-state index is 11.3.